The van der Waals surface area contributed by atoms with Crippen molar-refractivity contribution in [1.29, 1.82) is 0 Å². The summed E-state index contributed by atoms with van der Waals surface area (Å²) in [5.74, 6) is 0. The van der Waals surface area contributed by atoms with Gasteiger partial charge in [-0.2, -0.15) is 0 Å². The van der Waals surface area contributed by atoms with E-state index in [0.29, 0.717) is 50.5 Å². The summed E-state index contributed by atoms with van der Waals surface area (Å²) >= 11 is 33.0. The Bertz CT molecular complexity index is 9600. The normalized spacial score (nSPS) is 11.9. The molecule has 0 saturated heterocycles. The second-order valence-electron chi connectivity index (χ2n) is 31.8. The van der Waals surface area contributed by atoms with Crippen LogP contribution < -0.4 is 0 Å². The molecule has 0 N–H and O–H groups in total. The molecule has 0 amide bonds. The molecule has 14 aromatic heterocycles. The van der Waals surface area contributed by atoms with Crippen LogP contribution in [0.25, 0.3) is 258 Å². The van der Waals surface area contributed by atoms with Crippen molar-refractivity contribution in [2.75, 3.05) is 0 Å². The quantitative estimate of drug-likeness (QED) is 0.141. The number of rotatable bonds is 6. The van der Waals surface area contributed by atoms with Crippen LogP contribution in [0.1, 0.15) is 14.7 Å². The Morgan fingerprint density at radius 3 is 1.02 bits per heavy atom. The predicted octanol–water partition coefficient (Wildman–Crippen LogP) is 33.9. The third-order valence-electron chi connectivity index (χ3n) is 23.9. The molecule has 0 aliphatic rings. The monoisotopic (exact) mass is 1880 g/mol. The molecule has 0 unspecified atom stereocenters. The number of fused-ring (bicyclic) bond motifs is 27. The van der Waals surface area contributed by atoms with Gasteiger partial charge in [0, 0.05) is 120 Å². The second kappa shape index (κ2) is 33.6. The summed E-state index contributed by atoms with van der Waals surface area (Å²) in [6.45, 7) is 0. The Balaban J connectivity index is 0.0000000999. The highest BCUT2D eigenvalue weighted by atomic mass is 35.5. The Morgan fingerprint density at radius 1 is 0.230 bits per heavy atom. The Kier molecular flexibility index (Phi) is 19.5. The summed E-state index contributed by atoms with van der Waals surface area (Å²) in [5, 5.41) is 14.7. The molecule has 29 aromatic rings. The third-order valence-corrected chi connectivity index (χ3v) is 25.9. The van der Waals surface area contributed by atoms with Crippen LogP contribution in [0, 0.1) is 0 Å². The maximum atomic E-state index is 6.36. The van der Waals surface area contributed by atoms with Crippen molar-refractivity contribution in [2.24, 2.45) is 0 Å². The fourth-order valence-corrected chi connectivity index (χ4v) is 20.0. The number of benzene rings is 15. The van der Waals surface area contributed by atoms with Crippen molar-refractivity contribution < 1.29 is 38.2 Å². The van der Waals surface area contributed by atoms with Gasteiger partial charge in [-0.25, -0.2) is 49.8 Å². The van der Waals surface area contributed by atoms with Gasteiger partial charge in [-0.15, -0.1) is 11.3 Å². The number of hydrogen-bond acceptors (Lipinski definition) is 18. The van der Waals surface area contributed by atoms with Crippen molar-refractivity contribution in [3.8, 4) is 62.0 Å². The molecule has 0 spiro atoms. The number of halogens is 5. The first kappa shape index (κ1) is 78.6. The predicted molar refractivity (Wildman–Crippen MR) is 552 cm³/mol. The van der Waals surface area contributed by atoms with E-state index < -0.39 is 0 Å². The molecule has 15 aromatic carbocycles. The molecule has 0 bridgehead atoms. The first-order valence-corrected chi connectivity index (χ1v) is 45.3. The highest BCUT2D eigenvalue weighted by Crippen LogP contribution is 2.46. The van der Waals surface area contributed by atoms with E-state index in [1.807, 2.05) is 224 Å². The topological polar surface area (TPSA) is 226 Å². The summed E-state index contributed by atoms with van der Waals surface area (Å²) in [5.41, 5.74) is 25.5. The lowest BCUT2D eigenvalue weighted by Crippen LogP contribution is -1.93. The lowest BCUT2D eigenvalue weighted by molar-refractivity contribution is 0.662. The first-order chi connectivity index (χ1) is 68.9. The van der Waals surface area contributed by atoms with Crippen molar-refractivity contribution in [1.82, 2.24) is 54.4 Å². The Morgan fingerprint density at radius 2 is 0.541 bits per heavy atom. The molecule has 29 rings (SSSR count). The van der Waals surface area contributed by atoms with Gasteiger partial charge in [-0.1, -0.05) is 214 Å². The summed E-state index contributed by atoms with van der Waals surface area (Å²) in [4.78, 5) is 44.3. The van der Waals surface area contributed by atoms with E-state index in [4.69, 9.17) is 96.2 Å². The maximum Gasteiger partial charge on any atom is 0.223 e. The van der Waals surface area contributed by atoms with Crippen molar-refractivity contribution in [3.05, 3.63) is 378 Å². The van der Waals surface area contributed by atoms with Crippen LogP contribution in [0.15, 0.2) is 383 Å². The average molecular weight is 1880 g/mol. The van der Waals surface area contributed by atoms with Crippen molar-refractivity contribution in [2.45, 2.75) is 7.40 Å². The Hall–Kier alpha value is -16.2. The highest BCUT2D eigenvalue weighted by Gasteiger charge is 2.26. The number of hydrogen-bond donors (Lipinski definition) is 0. The standard InChI is InChI=1S/C28H16ClN3O.2C22H11ClN2O2.C22H11ClN2OS.C16H9ClN2O.CH4.2H2/c29-28-30-25(27-26(31-28)20-11-5-7-13-24(20)33-27)17-14-15-23-21(16-17)19-10-4-6-12-22(19)32(23)18-8-2-1-3-9-18;23-22-24-18-14-7-2-4-11-17(14)27-21(18)19(25-22)15-9-5-8-13-12-6-1-3-10-16(12)26-20(13)15;23-22-24-19(21-20(25-22)14-6-2-4-8-17(14)27-21)12-9-10-18-15(11-12)13-5-1-3-7-16(13)26-18;23-22-24-19(21-20(25-22)14-6-1-3-7-16(14)26-21)12-9-10-18-15(11-12)13-5-2-4-8-17(13)27-18;17-16-18-13(10-6-2-1-3-7-10)15-14(19-16)11-8-4-5-9-12(11)20-15;;;/h1-16H;3*1-11H;1-9H;1H4;2*1H/i;;;;;1D;2*1+1D. The van der Waals surface area contributed by atoms with Gasteiger partial charge in [-0.05, 0) is 204 Å². The van der Waals surface area contributed by atoms with E-state index in [1.54, 1.807) is 11.3 Å². The van der Waals surface area contributed by atoms with Crippen LogP contribution in [0.2, 0.25) is 26.4 Å². The minimum Gasteiger partial charge on any atom is -0.456 e. The molecule has 0 aliphatic carbocycles. The molecule has 18 nitrogen and oxygen atoms in total. The first-order valence-electron chi connectivity index (χ1n) is 45.6. The van der Waals surface area contributed by atoms with E-state index in [2.05, 4.69) is 182 Å². The zero-order valence-corrected chi connectivity index (χ0v) is 75.2. The van der Waals surface area contributed by atoms with Gasteiger partial charge in [0.1, 0.15) is 106 Å². The number of furan rings is 7. The highest BCUT2D eigenvalue weighted by molar-refractivity contribution is 7.25. The Labute approximate surface area is 800 Å². The molecule has 0 aliphatic heterocycles. The molecular weight excluding hydrogens is 1810 g/mol. The smallest absolute Gasteiger partial charge is 0.223 e. The third kappa shape index (κ3) is 14.3. The zero-order valence-electron chi connectivity index (χ0n) is 75.6. The summed E-state index contributed by atoms with van der Waals surface area (Å²) < 4.78 is 73.0. The maximum absolute atomic E-state index is 6.36. The molecule has 0 fully saturated rings. The molecule has 24 heteroatoms. The largest absolute Gasteiger partial charge is 0.456 e. The fourth-order valence-electron chi connectivity index (χ4n) is 18.0. The second-order valence-corrected chi connectivity index (χ2v) is 34.5. The number of aromatic nitrogens is 11. The van der Waals surface area contributed by atoms with Crippen LogP contribution >= 0.6 is 69.3 Å². The van der Waals surface area contributed by atoms with Crippen LogP contribution in [0.5, 0.6) is 0 Å². The number of para-hydroxylation sites is 10. The van der Waals surface area contributed by atoms with Crippen LogP contribution in [0.3, 0.4) is 0 Å². The van der Waals surface area contributed by atoms with E-state index in [0.717, 1.165) is 182 Å². The molecule has 135 heavy (non-hydrogen) atoms. The summed E-state index contributed by atoms with van der Waals surface area (Å²) in [7, 11) is 1.25. The summed E-state index contributed by atoms with van der Waals surface area (Å²) in [6.07, 6.45) is 0. The number of thiophene rings is 1. The van der Waals surface area contributed by atoms with Gasteiger partial charge in [-0.3, -0.25) is 0 Å². The summed E-state index contributed by atoms with van der Waals surface area (Å²) in [6, 6.07) is 117. The SMILES string of the molecule is Clc1nc(-c2ccc3c(c2)c2ccccc2n3-c2ccccc2)c2oc3ccccc3c2n1.Clc1nc(-c2ccc3oc4ccccc4c3c2)c2oc3ccccc3c2n1.Clc1nc(-c2ccc3sc4ccccc4c3c2)c2oc3ccccc3c2n1.Clc1nc(-c2cccc3c2oc2ccccc23)c2oc3ccccc3c2n1.Clc1nc(-c2ccccc2)c2oc3ccccc3c2n1.[2H]C.[2H][2H].[2H][2H]. The van der Waals surface area contributed by atoms with E-state index >= 15 is 0 Å². The number of nitrogens with zero attached hydrogens (tertiary/aromatic N) is 11. The minimum atomic E-state index is 0.178. The average Bonchev–Trinajstić information content (AvgIpc) is 1.61. The lowest BCUT2D eigenvalue weighted by atomic mass is 10.1. The van der Waals surface area contributed by atoms with Gasteiger partial charge in [0.05, 0.1) is 11.0 Å². The van der Waals surface area contributed by atoms with Gasteiger partial charge in [0.2, 0.25) is 26.4 Å². The van der Waals surface area contributed by atoms with Crippen molar-refractivity contribution >= 4 is 266 Å². The zero-order chi connectivity index (χ0) is 95.3. The molecule has 0 saturated carbocycles. The van der Waals surface area contributed by atoms with E-state index in [-0.39, 0.29) is 26.4 Å². The van der Waals surface area contributed by atoms with Gasteiger partial charge in [0.25, 0.3) is 0 Å². The molecule has 648 valence electrons. The molecular formula is C111H66Cl5N11O7S. The van der Waals surface area contributed by atoms with Gasteiger partial charge < -0.3 is 35.5 Å². The minimum absolute atomic E-state index is 0.178. The van der Waals surface area contributed by atoms with Crippen molar-refractivity contribution in [3.63, 3.8) is 0 Å². The van der Waals surface area contributed by atoms with Crippen LogP contribution in [0.4, 0.5) is 0 Å². The molecule has 0 radical (unpaired) electrons. The van der Waals surface area contributed by atoms with Gasteiger partial charge in [0.15, 0.2) is 27.9 Å². The molecule has 0 atom stereocenters. The molecule has 14 heterocycles. The fraction of sp³-hybridized carbons (Fsp3) is 0.00901. The van der Waals surface area contributed by atoms with E-state index in [9.17, 15) is 0 Å². The van der Waals surface area contributed by atoms with Gasteiger partial charge >= 0.3 is 0 Å². The van der Waals surface area contributed by atoms with Crippen LogP contribution in [-0.2, 0) is 0 Å². The van der Waals surface area contributed by atoms with Crippen LogP contribution in [-0.4, -0.2) is 54.4 Å². The van der Waals surface area contributed by atoms with E-state index in [1.165, 1.54) is 33.0 Å². The lowest BCUT2D eigenvalue weighted by Gasteiger charge is -2.08.